The highest BCUT2D eigenvalue weighted by Crippen LogP contribution is 2.44. The second kappa shape index (κ2) is 6.76. The van der Waals surface area contributed by atoms with E-state index >= 15 is 0 Å². The second-order valence-electron chi connectivity index (χ2n) is 6.96. The summed E-state index contributed by atoms with van der Waals surface area (Å²) in [6.45, 7) is 1.88. The Kier molecular flexibility index (Phi) is 4.94. The van der Waals surface area contributed by atoms with Crippen molar-refractivity contribution in [3.63, 3.8) is 0 Å². The van der Waals surface area contributed by atoms with Crippen LogP contribution in [0.25, 0.3) is 0 Å². The number of carbonyl (C=O) groups is 1. The molecule has 2 aliphatic carbocycles. The van der Waals surface area contributed by atoms with Gasteiger partial charge >= 0.3 is 12.1 Å². The van der Waals surface area contributed by atoms with Gasteiger partial charge in [-0.25, -0.2) is 0 Å². The van der Waals surface area contributed by atoms with E-state index in [1.807, 2.05) is 19.1 Å². The van der Waals surface area contributed by atoms with Crippen molar-refractivity contribution < 1.29 is 27.8 Å². The zero-order chi connectivity index (χ0) is 19.1. The van der Waals surface area contributed by atoms with Gasteiger partial charge in [0.2, 0.25) is 0 Å². The van der Waals surface area contributed by atoms with E-state index in [1.165, 1.54) is 11.6 Å². The van der Waals surface area contributed by atoms with Crippen LogP contribution in [0.15, 0.2) is 46.0 Å². The number of allylic oxidation sites excluding steroid dienone is 2. The van der Waals surface area contributed by atoms with Gasteiger partial charge in [0.05, 0.1) is 16.5 Å². The molecule has 0 heterocycles. The molecular formula is C19H18BrF3O3. The molecule has 2 atom stereocenters. The van der Waals surface area contributed by atoms with E-state index in [4.69, 9.17) is 9.84 Å². The van der Waals surface area contributed by atoms with Gasteiger partial charge in [0.1, 0.15) is 11.4 Å². The molecule has 0 fully saturated rings. The quantitative estimate of drug-likeness (QED) is 0.661. The normalized spacial score (nSPS) is 25.3. The average molecular weight is 431 g/mol. The van der Waals surface area contributed by atoms with E-state index in [0.29, 0.717) is 12.2 Å². The van der Waals surface area contributed by atoms with Crippen LogP contribution < -0.4 is 4.74 Å². The number of aliphatic carboxylic acids is 1. The predicted octanol–water partition coefficient (Wildman–Crippen LogP) is 5.75. The second-order valence-corrected chi connectivity index (χ2v) is 7.81. The molecule has 0 amide bonds. The Balaban J connectivity index is 1.76. The third-order valence-electron chi connectivity index (χ3n) is 4.85. The van der Waals surface area contributed by atoms with E-state index < -0.39 is 23.3 Å². The van der Waals surface area contributed by atoms with Gasteiger partial charge in [-0.15, -0.1) is 0 Å². The topological polar surface area (TPSA) is 46.5 Å². The minimum Gasteiger partial charge on any atom is -0.482 e. The summed E-state index contributed by atoms with van der Waals surface area (Å²) in [5.74, 6) is -0.439. The van der Waals surface area contributed by atoms with Crippen LogP contribution in [-0.4, -0.2) is 16.7 Å². The summed E-state index contributed by atoms with van der Waals surface area (Å²) >= 11 is 3.16. The fourth-order valence-corrected chi connectivity index (χ4v) is 4.09. The van der Waals surface area contributed by atoms with E-state index in [-0.39, 0.29) is 16.8 Å². The van der Waals surface area contributed by atoms with Crippen LogP contribution in [0.5, 0.6) is 5.75 Å². The maximum absolute atomic E-state index is 12.8. The molecule has 0 saturated heterocycles. The zero-order valence-electron chi connectivity index (χ0n) is 14.1. The Morgan fingerprint density at radius 2 is 2.15 bits per heavy atom. The van der Waals surface area contributed by atoms with Crippen molar-refractivity contribution in [2.45, 2.75) is 44.4 Å². The Morgan fingerprint density at radius 3 is 2.77 bits per heavy atom. The van der Waals surface area contributed by atoms with Gasteiger partial charge in [0, 0.05) is 6.42 Å². The molecule has 0 radical (unpaired) electrons. The van der Waals surface area contributed by atoms with Crippen LogP contribution in [0.4, 0.5) is 13.2 Å². The first-order valence-corrected chi connectivity index (χ1v) is 9.05. The molecule has 0 saturated carbocycles. The third-order valence-corrected chi connectivity index (χ3v) is 5.47. The van der Waals surface area contributed by atoms with Crippen LogP contribution in [0, 0.1) is 5.92 Å². The fourth-order valence-electron chi connectivity index (χ4n) is 3.63. The van der Waals surface area contributed by atoms with Gasteiger partial charge < -0.3 is 9.84 Å². The summed E-state index contributed by atoms with van der Waals surface area (Å²) in [6, 6.07) is 3.32. The van der Waals surface area contributed by atoms with Crippen molar-refractivity contribution in [3.05, 3.63) is 51.5 Å². The summed E-state index contributed by atoms with van der Waals surface area (Å²) < 4.78 is 44.6. The molecule has 1 aromatic carbocycles. The number of carboxylic acid groups (broad SMARTS) is 1. The van der Waals surface area contributed by atoms with Crippen molar-refractivity contribution in [2.24, 2.45) is 5.92 Å². The largest absolute Gasteiger partial charge is 0.482 e. The monoisotopic (exact) mass is 430 g/mol. The Morgan fingerprint density at radius 1 is 1.42 bits per heavy atom. The molecule has 2 aliphatic rings. The molecule has 0 bridgehead atoms. The van der Waals surface area contributed by atoms with E-state index in [9.17, 15) is 18.0 Å². The number of benzene rings is 1. The highest BCUT2D eigenvalue weighted by molar-refractivity contribution is 9.10. The number of alkyl halides is 3. The lowest BCUT2D eigenvalue weighted by Crippen LogP contribution is -2.32. The highest BCUT2D eigenvalue weighted by Gasteiger charge is 2.36. The minimum atomic E-state index is -4.40. The predicted molar refractivity (Wildman–Crippen MR) is 93.9 cm³/mol. The van der Waals surface area contributed by atoms with Gasteiger partial charge in [-0.05, 0) is 71.5 Å². The molecule has 3 nitrogen and oxygen atoms in total. The lowest BCUT2D eigenvalue weighted by Gasteiger charge is -2.32. The van der Waals surface area contributed by atoms with Gasteiger partial charge in [-0.1, -0.05) is 11.6 Å². The maximum atomic E-state index is 12.8. The smallest absolute Gasteiger partial charge is 0.416 e. The Hall–Kier alpha value is -1.76. The first-order valence-electron chi connectivity index (χ1n) is 8.26. The molecule has 1 aromatic rings. The maximum Gasteiger partial charge on any atom is 0.416 e. The first kappa shape index (κ1) is 19.0. The molecule has 0 aliphatic heterocycles. The van der Waals surface area contributed by atoms with Crippen LogP contribution in [0.2, 0.25) is 0 Å². The van der Waals surface area contributed by atoms with Crippen LogP contribution in [0.3, 0.4) is 0 Å². The molecular weight excluding hydrogens is 413 g/mol. The third kappa shape index (κ3) is 3.98. The number of halogens is 4. The molecule has 140 valence electrons. The summed E-state index contributed by atoms with van der Waals surface area (Å²) in [7, 11) is 0. The van der Waals surface area contributed by atoms with Crippen LogP contribution in [0.1, 0.15) is 38.2 Å². The van der Waals surface area contributed by atoms with Crippen molar-refractivity contribution in [1.82, 2.24) is 0 Å². The van der Waals surface area contributed by atoms with Crippen molar-refractivity contribution in [2.75, 3.05) is 0 Å². The SMILES string of the molecule is CC1(Oc2ccc(C(F)(F)F)cc2Br)C=CC2=C(CC[C@H]2CC(=O)O)C1. The lowest BCUT2D eigenvalue weighted by molar-refractivity contribution is -0.138. The number of ether oxygens (including phenoxy) is 1. The molecule has 1 unspecified atom stereocenters. The van der Waals surface area contributed by atoms with E-state index in [0.717, 1.165) is 30.5 Å². The molecule has 26 heavy (non-hydrogen) atoms. The van der Waals surface area contributed by atoms with Gasteiger partial charge in [-0.3, -0.25) is 4.79 Å². The van der Waals surface area contributed by atoms with Crippen molar-refractivity contribution >= 4 is 21.9 Å². The van der Waals surface area contributed by atoms with Gasteiger partial charge in [0.15, 0.2) is 0 Å². The van der Waals surface area contributed by atoms with Crippen molar-refractivity contribution in [3.8, 4) is 5.75 Å². The Bertz CT molecular complexity index is 798. The van der Waals surface area contributed by atoms with Gasteiger partial charge in [-0.2, -0.15) is 13.2 Å². The van der Waals surface area contributed by atoms with Crippen molar-refractivity contribution in [1.29, 1.82) is 0 Å². The van der Waals surface area contributed by atoms with Crippen LogP contribution >= 0.6 is 15.9 Å². The summed E-state index contributed by atoms with van der Waals surface area (Å²) in [6.07, 6.45) is 1.73. The minimum absolute atomic E-state index is 0.0288. The number of hydrogen-bond acceptors (Lipinski definition) is 2. The zero-order valence-corrected chi connectivity index (χ0v) is 15.7. The van der Waals surface area contributed by atoms with Crippen LogP contribution in [-0.2, 0) is 11.0 Å². The molecule has 0 aromatic heterocycles. The number of carboxylic acids is 1. The van der Waals surface area contributed by atoms with E-state index in [1.54, 1.807) is 0 Å². The molecule has 0 spiro atoms. The van der Waals surface area contributed by atoms with E-state index in [2.05, 4.69) is 15.9 Å². The molecule has 3 rings (SSSR count). The average Bonchev–Trinajstić information content (AvgIpc) is 2.89. The summed E-state index contributed by atoms with van der Waals surface area (Å²) in [5.41, 5.74) is 0.821. The lowest BCUT2D eigenvalue weighted by atomic mass is 9.86. The number of rotatable bonds is 4. The first-order chi connectivity index (χ1) is 12.1. The summed E-state index contributed by atoms with van der Waals surface area (Å²) in [5, 5.41) is 9.02. The van der Waals surface area contributed by atoms with Gasteiger partial charge in [0.25, 0.3) is 0 Å². The Labute approximate surface area is 157 Å². The fraction of sp³-hybridized carbons (Fsp3) is 0.421. The summed E-state index contributed by atoms with van der Waals surface area (Å²) in [4.78, 5) is 11.0. The molecule has 1 N–H and O–H groups in total. The standard InChI is InChI=1S/C19H18BrF3O3/c1-18(26-16-5-4-13(9-15(16)20)19(21,22)23)7-6-14-11(8-17(24)25)2-3-12(14)10-18/h4-7,9,11H,2-3,8,10H2,1H3,(H,24,25)/t11-,18?/m0/s1. The number of hydrogen-bond donors (Lipinski definition) is 1. The highest BCUT2D eigenvalue weighted by atomic mass is 79.9. The molecule has 7 heteroatoms.